The molecule has 0 atom stereocenters. The Morgan fingerprint density at radius 1 is 1.20 bits per heavy atom. The molecule has 7 heteroatoms. The number of para-hydroxylation sites is 1. The summed E-state index contributed by atoms with van der Waals surface area (Å²) in [7, 11) is 1.80. The van der Waals surface area contributed by atoms with Crippen LogP contribution in [-0.4, -0.2) is 22.3 Å². The second-order valence-electron chi connectivity index (χ2n) is 5.30. The van der Waals surface area contributed by atoms with Crippen molar-refractivity contribution in [2.24, 2.45) is 7.05 Å². The number of aryl methyl sites for hydroxylation is 1. The van der Waals surface area contributed by atoms with Crippen molar-refractivity contribution >= 4 is 11.6 Å². The molecule has 0 fully saturated rings. The maximum atomic E-state index is 13.6. The van der Waals surface area contributed by atoms with Gasteiger partial charge in [-0.3, -0.25) is 9.48 Å². The lowest BCUT2D eigenvalue weighted by Crippen LogP contribution is -2.21. The van der Waals surface area contributed by atoms with Gasteiger partial charge in [-0.2, -0.15) is 5.10 Å². The van der Waals surface area contributed by atoms with E-state index in [1.807, 2.05) is 18.2 Å². The Bertz CT molecular complexity index is 909. The van der Waals surface area contributed by atoms with E-state index >= 15 is 0 Å². The van der Waals surface area contributed by atoms with Crippen LogP contribution < -0.4 is 10.1 Å². The van der Waals surface area contributed by atoms with Gasteiger partial charge in [0.1, 0.15) is 17.4 Å². The third-order valence-electron chi connectivity index (χ3n) is 3.55. The van der Waals surface area contributed by atoms with Gasteiger partial charge in [-0.25, -0.2) is 8.78 Å². The van der Waals surface area contributed by atoms with Crippen LogP contribution >= 0.6 is 0 Å². The Kier molecular flexibility index (Phi) is 4.74. The molecule has 0 unspecified atom stereocenters. The lowest BCUT2D eigenvalue weighted by Gasteiger charge is -2.12. The van der Waals surface area contributed by atoms with Gasteiger partial charge in [0, 0.05) is 24.9 Å². The Hall–Kier alpha value is -3.22. The van der Waals surface area contributed by atoms with Crippen molar-refractivity contribution in [1.29, 1.82) is 0 Å². The van der Waals surface area contributed by atoms with Crippen LogP contribution in [0.2, 0.25) is 0 Å². The van der Waals surface area contributed by atoms with Crippen molar-refractivity contribution in [3.8, 4) is 17.0 Å². The number of hydrogen-bond donors (Lipinski definition) is 1. The molecule has 0 saturated heterocycles. The van der Waals surface area contributed by atoms with E-state index in [0.29, 0.717) is 11.8 Å². The molecule has 0 bridgehead atoms. The molecular weight excluding hydrogens is 328 g/mol. The Balaban J connectivity index is 1.70. The molecule has 3 rings (SSSR count). The first-order valence-corrected chi connectivity index (χ1v) is 7.49. The summed E-state index contributed by atoms with van der Waals surface area (Å²) in [6.45, 7) is -0.314. The molecule has 3 aromatic rings. The number of anilines is 1. The second-order valence-corrected chi connectivity index (χ2v) is 5.30. The Labute approximate surface area is 142 Å². The number of hydrogen-bond acceptors (Lipinski definition) is 3. The minimum absolute atomic E-state index is 0.102. The largest absolute Gasteiger partial charge is 0.483 e. The van der Waals surface area contributed by atoms with Crippen LogP contribution in [0.4, 0.5) is 14.5 Å². The van der Waals surface area contributed by atoms with Crippen molar-refractivity contribution in [3.63, 3.8) is 0 Å². The fraction of sp³-hybridized carbons (Fsp3) is 0.111. The molecule has 5 nitrogen and oxygen atoms in total. The minimum Gasteiger partial charge on any atom is -0.483 e. The number of nitrogens with zero attached hydrogens (tertiary/aromatic N) is 2. The number of nitrogens with one attached hydrogen (secondary N) is 1. The highest BCUT2D eigenvalue weighted by Gasteiger charge is 2.12. The molecule has 1 amide bonds. The van der Waals surface area contributed by atoms with Crippen LogP contribution in [0.3, 0.4) is 0 Å². The van der Waals surface area contributed by atoms with Gasteiger partial charge in [0.05, 0.1) is 11.4 Å². The molecule has 25 heavy (non-hydrogen) atoms. The minimum atomic E-state index is -0.844. The van der Waals surface area contributed by atoms with E-state index in [9.17, 15) is 13.6 Å². The number of halogens is 2. The third-order valence-corrected chi connectivity index (χ3v) is 3.55. The highest BCUT2D eigenvalue weighted by atomic mass is 19.1. The first-order chi connectivity index (χ1) is 12.0. The number of aromatic nitrogens is 2. The van der Waals surface area contributed by atoms with Gasteiger partial charge < -0.3 is 10.1 Å². The average molecular weight is 343 g/mol. The summed E-state index contributed by atoms with van der Waals surface area (Å²) in [4.78, 5) is 12.0. The quantitative estimate of drug-likeness (QED) is 0.773. The molecule has 0 aliphatic rings. The zero-order chi connectivity index (χ0) is 17.8. The van der Waals surface area contributed by atoms with Crippen LogP contribution in [0.15, 0.2) is 54.7 Å². The van der Waals surface area contributed by atoms with Crippen molar-refractivity contribution in [2.75, 3.05) is 11.9 Å². The van der Waals surface area contributed by atoms with E-state index in [2.05, 4.69) is 10.4 Å². The highest BCUT2D eigenvalue weighted by molar-refractivity contribution is 5.92. The van der Waals surface area contributed by atoms with Gasteiger partial charge >= 0.3 is 0 Å². The maximum Gasteiger partial charge on any atom is 0.262 e. The second kappa shape index (κ2) is 7.12. The normalized spacial score (nSPS) is 10.5. The van der Waals surface area contributed by atoms with Crippen LogP contribution in [-0.2, 0) is 11.8 Å². The summed E-state index contributed by atoms with van der Waals surface area (Å²) >= 11 is 0. The van der Waals surface area contributed by atoms with Crippen LogP contribution in [0.1, 0.15) is 0 Å². The summed E-state index contributed by atoms with van der Waals surface area (Å²) < 4.78 is 33.7. The van der Waals surface area contributed by atoms with Gasteiger partial charge in [0.25, 0.3) is 5.91 Å². The number of rotatable bonds is 5. The fourth-order valence-electron chi connectivity index (χ4n) is 2.36. The number of carbonyl (C=O) groups is 1. The summed E-state index contributed by atoms with van der Waals surface area (Å²) in [5.41, 5.74) is 1.51. The van der Waals surface area contributed by atoms with E-state index in [0.717, 1.165) is 23.4 Å². The zero-order valence-electron chi connectivity index (χ0n) is 13.4. The van der Waals surface area contributed by atoms with E-state index in [4.69, 9.17) is 4.74 Å². The molecule has 0 saturated carbocycles. The molecular formula is C18H15F2N3O2. The van der Waals surface area contributed by atoms with Crippen LogP contribution in [0.25, 0.3) is 11.3 Å². The molecule has 0 radical (unpaired) electrons. The molecule has 0 aliphatic carbocycles. The first-order valence-electron chi connectivity index (χ1n) is 7.49. The topological polar surface area (TPSA) is 56.2 Å². The highest BCUT2D eigenvalue weighted by Crippen LogP contribution is 2.29. The van der Waals surface area contributed by atoms with Gasteiger partial charge in [0.2, 0.25) is 0 Å². The first kappa shape index (κ1) is 16.6. The number of ether oxygens (including phenoxy) is 1. The van der Waals surface area contributed by atoms with Crippen molar-refractivity contribution in [1.82, 2.24) is 9.78 Å². The molecule has 0 spiro atoms. The standard InChI is InChI=1S/C18H15F2N3O2/c1-23-16(8-9-21-23)13-4-2-3-5-17(13)25-11-18(24)22-15-7-6-12(19)10-14(15)20/h2-10H,11H2,1H3,(H,22,24). The number of amides is 1. The number of benzene rings is 2. The lowest BCUT2D eigenvalue weighted by molar-refractivity contribution is -0.118. The predicted molar refractivity (Wildman–Crippen MR) is 89.1 cm³/mol. The van der Waals surface area contributed by atoms with Gasteiger partial charge in [-0.1, -0.05) is 12.1 Å². The molecule has 1 heterocycles. The van der Waals surface area contributed by atoms with E-state index in [-0.39, 0.29) is 12.3 Å². The zero-order valence-corrected chi connectivity index (χ0v) is 13.4. The summed E-state index contributed by atoms with van der Waals surface area (Å²) in [6.07, 6.45) is 1.66. The molecule has 0 aliphatic heterocycles. The predicted octanol–water partition coefficient (Wildman–Crippen LogP) is 3.38. The number of carbonyl (C=O) groups excluding carboxylic acids is 1. The Morgan fingerprint density at radius 3 is 2.72 bits per heavy atom. The van der Waals surface area contributed by atoms with E-state index in [1.165, 1.54) is 0 Å². The smallest absolute Gasteiger partial charge is 0.262 e. The molecule has 128 valence electrons. The summed E-state index contributed by atoms with van der Waals surface area (Å²) in [5.74, 6) is -1.60. The van der Waals surface area contributed by atoms with Gasteiger partial charge in [0.15, 0.2) is 6.61 Å². The molecule has 2 aromatic carbocycles. The van der Waals surface area contributed by atoms with E-state index < -0.39 is 17.5 Å². The van der Waals surface area contributed by atoms with Crippen molar-refractivity contribution in [3.05, 3.63) is 66.4 Å². The van der Waals surface area contributed by atoms with Crippen molar-refractivity contribution in [2.45, 2.75) is 0 Å². The van der Waals surface area contributed by atoms with E-state index in [1.54, 1.807) is 30.1 Å². The molecule has 1 aromatic heterocycles. The summed E-state index contributed by atoms with van der Waals surface area (Å²) in [5, 5.41) is 6.46. The maximum absolute atomic E-state index is 13.6. The summed E-state index contributed by atoms with van der Waals surface area (Å²) in [6, 6.07) is 12.0. The fourth-order valence-corrected chi connectivity index (χ4v) is 2.36. The van der Waals surface area contributed by atoms with Gasteiger partial charge in [-0.05, 0) is 30.3 Å². The van der Waals surface area contributed by atoms with Gasteiger partial charge in [-0.15, -0.1) is 0 Å². The van der Waals surface area contributed by atoms with Crippen LogP contribution in [0, 0.1) is 11.6 Å². The molecule has 1 N–H and O–H groups in total. The third kappa shape index (κ3) is 3.82. The SMILES string of the molecule is Cn1nccc1-c1ccccc1OCC(=O)Nc1ccc(F)cc1F. The van der Waals surface area contributed by atoms with Crippen LogP contribution in [0.5, 0.6) is 5.75 Å². The Morgan fingerprint density at radius 2 is 2.00 bits per heavy atom. The monoisotopic (exact) mass is 343 g/mol. The lowest BCUT2D eigenvalue weighted by atomic mass is 10.1. The van der Waals surface area contributed by atoms with Crippen molar-refractivity contribution < 1.29 is 18.3 Å². The average Bonchev–Trinajstić information content (AvgIpc) is 3.02.